The van der Waals surface area contributed by atoms with Gasteiger partial charge in [0, 0.05) is 16.1 Å². The summed E-state index contributed by atoms with van der Waals surface area (Å²) in [7, 11) is -3.29. The Balaban J connectivity index is 1.99. The van der Waals surface area contributed by atoms with Crippen LogP contribution in [-0.4, -0.2) is 29.9 Å². The number of hydrogen-bond acceptors (Lipinski definition) is 5. The van der Waals surface area contributed by atoms with Crippen molar-refractivity contribution in [2.45, 2.75) is 23.0 Å². The highest BCUT2D eigenvalue weighted by atomic mass is 79.9. The molecule has 1 N–H and O–H groups in total. The van der Waals surface area contributed by atoms with E-state index in [1.54, 1.807) is 12.1 Å². The first kappa shape index (κ1) is 14.3. The van der Waals surface area contributed by atoms with Crippen LogP contribution >= 0.6 is 15.9 Å². The standard InChI is InChI=1S/C13H10BrNO5S/c14-9-5-7(11-6-10(13(16)17)15-20-11)1-4-12(9)21(18,19)8-2-3-8/h1,4-6,8H,2-3H2,(H,16,17). The molecule has 8 heteroatoms. The number of aromatic carboxylic acids is 1. The zero-order valence-electron chi connectivity index (χ0n) is 10.6. The third-order valence-corrected chi connectivity index (χ3v) is 6.45. The van der Waals surface area contributed by atoms with Crippen LogP contribution in [-0.2, 0) is 9.84 Å². The van der Waals surface area contributed by atoms with Crippen molar-refractivity contribution in [1.29, 1.82) is 0 Å². The summed E-state index contributed by atoms with van der Waals surface area (Å²) in [5.41, 5.74) is 0.354. The van der Waals surface area contributed by atoms with E-state index < -0.39 is 15.8 Å². The van der Waals surface area contributed by atoms with Gasteiger partial charge in [-0.25, -0.2) is 13.2 Å². The number of halogens is 1. The van der Waals surface area contributed by atoms with E-state index in [0.29, 0.717) is 22.9 Å². The summed E-state index contributed by atoms with van der Waals surface area (Å²) in [6.07, 6.45) is 1.39. The minimum absolute atomic E-state index is 0.198. The molecule has 6 nitrogen and oxygen atoms in total. The lowest BCUT2D eigenvalue weighted by Crippen LogP contribution is -2.07. The Hall–Kier alpha value is -1.67. The zero-order chi connectivity index (χ0) is 15.2. The van der Waals surface area contributed by atoms with E-state index in [1.807, 2.05) is 0 Å². The normalized spacial score (nSPS) is 15.1. The number of rotatable bonds is 4. The molecule has 0 unspecified atom stereocenters. The van der Waals surface area contributed by atoms with Crippen LogP contribution in [0, 0.1) is 0 Å². The Kier molecular flexibility index (Phi) is 3.37. The van der Waals surface area contributed by atoms with Gasteiger partial charge in [-0.15, -0.1) is 0 Å². The van der Waals surface area contributed by atoms with Gasteiger partial charge < -0.3 is 9.63 Å². The molecular formula is C13H10BrNO5S. The highest BCUT2D eigenvalue weighted by molar-refractivity contribution is 9.10. The Labute approximate surface area is 128 Å². The fourth-order valence-corrected chi connectivity index (χ4v) is 4.71. The summed E-state index contributed by atoms with van der Waals surface area (Å²) in [6, 6.07) is 5.95. The Morgan fingerprint density at radius 2 is 2.05 bits per heavy atom. The number of carbonyl (C=O) groups is 1. The second kappa shape index (κ2) is 4.96. The first-order valence-electron chi connectivity index (χ1n) is 6.13. The Morgan fingerprint density at radius 1 is 1.33 bits per heavy atom. The molecular weight excluding hydrogens is 362 g/mol. The molecule has 2 aromatic rings. The fraction of sp³-hybridized carbons (Fsp3) is 0.231. The van der Waals surface area contributed by atoms with E-state index in [2.05, 4.69) is 21.1 Å². The maximum Gasteiger partial charge on any atom is 0.358 e. The Morgan fingerprint density at radius 3 is 2.57 bits per heavy atom. The topological polar surface area (TPSA) is 97.5 Å². The summed E-state index contributed by atoms with van der Waals surface area (Å²) >= 11 is 3.25. The van der Waals surface area contributed by atoms with Crippen LogP contribution in [0.2, 0.25) is 0 Å². The third-order valence-electron chi connectivity index (χ3n) is 3.22. The quantitative estimate of drug-likeness (QED) is 0.886. The lowest BCUT2D eigenvalue weighted by molar-refractivity contribution is 0.0686. The van der Waals surface area contributed by atoms with Gasteiger partial charge in [0.1, 0.15) is 0 Å². The molecule has 0 saturated heterocycles. The van der Waals surface area contributed by atoms with E-state index in [0.717, 1.165) is 0 Å². The molecule has 0 bridgehead atoms. The van der Waals surface area contributed by atoms with Crippen molar-refractivity contribution in [2.75, 3.05) is 0 Å². The summed E-state index contributed by atoms with van der Waals surface area (Å²) < 4.78 is 29.8. The second-order valence-electron chi connectivity index (χ2n) is 4.77. The van der Waals surface area contributed by atoms with E-state index >= 15 is 0 Å². The molecule has 110 valence electrons. The molecule has 1 aliphatic rings. The molecule has 0 amide bonds. The lowest BCUT2D eigenvalue weighted by Gasteiger charge is -2.06. The van der Waals surface area contributed by atoms with Crippen LogP contribution < -0.4 is 0 Å². The summed E-state index contributed by atoms with van der Waals surface area (Å²) in [5, 5.41) is 11.9. The first-order chi connectivity index (χ1) is 9.89. The van der Waals surface area contributed by atoms with Crippen LogP contribution in [0.4, 0.5) is 0 Å². The molecule has 1 fully saturated rings. The van der Waals surface area contributed by atoms with Gasteiger partial charge in [-0.1, -0.05) is 5.16 Å². The van der Waals surface area contributed by atoms with Gasteiger partial charge in [-0.2, -0.15) is 0 Å². The van der Waals surface area contributed by atoms with Gasteiger partial charge in [0.05, 0.1) is 10.1 Å². The SMILES string of the molecule is O=C(O)c1cc(-c2ccc(S(=O)(=O)C3CC3)c(Br)c2)on1. The fourth-order valence-electron chi connectivity index (χ4n) is 1.95. The number of hydrogen-bond donors (Lipinski definition) is 1. The number of carboxylic acid groups (broad SMARTS) is 1. The van der Waals surface area contributed by atoms with Gasteiger partial charge in [0.25, 0.3) is 0 Å². The summed E-state index contributed by atoms with van der Waals surface area (Å²) in [5.74, 6) is -0.916. The van der Waals surface area contributed by atoms with Crippen molar-refractivity contribution in [1.82, 2.24) is 5.16 Å². The average Bonchev–Trinajstić information content (AvgIpc) is 3.16. The second-order valence-corrected chi connectivity index (χ2v) is 7.82. The minimum atomic E-state index is -3.29. The van der Waals surface area contributed by atoms with Crippen molar-refractivity contribution in [3.05, 3.63) is 34.4 Å². The van der Waals surface area contributed by atoms with Crippen LogP contribution in [0.1, 0.15) is 23.3 Å². The zero-order valence-corrected chi connectivity index (χ0v) is 13.0. The maximum absolute atomic E-state index is 12.2. The highest BCUT2D eigenvalue weighted by Crippen LogP contribution is 2.37. The molecule has 21 heavy (non-hydrogen) atoms. The average molecular weight is 372 g/mol. The molecule has 0 atom stereocenters. The van der Waals surface area contributed by atoms with Gasteiger partial charge in [0.15, 0.2) is 21.3 Å². The number of benzene rings is 1. The number of carboxylic acids is 1. The lowest BCUT2D eigenvalue weighted by atomic mass is 10.1. The molecule has 0 spiro atoms. The van der Waals surface area contributed by atoms with Gasteiger partial charge >= 0.3 is 5.97 Å². The van der Waals surface area contributed by atoms with Gasteiger partial charge in [0.2, 0.25) is 0 Å². The van der Waals surface area contributed by atoms with Crippen LogP contribution in [0.3, 0.4) is 0 Å². The van der Waals surface area contributed by atoms with Crippen LogP contribution in [0.15, 0.2) is 38.2 Å². The minimum Gasteiger partial charge on any atom is -0.476 e. The van der Waals surface area contributed by atoms with E-state index in [-0.39, 0.29) is 21.6 Å². The molecule has 0 radical (unpaired) electrons. The predicted molar refractivity (Wildman–Crippen MR) is 76.8 cm³/mol. The molecule has 1 saturated carbocycles. The molecule has 0 aliphatic heterocycles. The Bertz CT molecular complexity index is 823. The number of sulfone groups is 1. The van der Waals surface area contributed by atoms with Crippen molar-refractivity contribution in [2.24, 2.45) is 0 Å². The maximum atomic E-state index is 12.2. The van der Waals surface area contributed by atoms with Crippen molar-refractivity contribution in [3.63, 3.8) is 0 Å². The predicted octanol–water partition coefficient (Wildman–Crippen LogP) is 2.74. The van der Waals surface area contributed by atoms with Crippen LogP contribution in [0.5, 0.6) is 0 Å². The van der Waals surface area contributed by atoms with Crippen LogP contribution in [0.25, 0.3) is 11.3 Å². The largest absolute Gasteiger partial charge is 0.476 e. The summed E-state index contributed by atoms with van der Waals surface area (Å²) in [6.45, 7) is 0. The van der Waals surface area contributed by atoms with E-state index in [4.69, 9.17) is 9.63 Å². The number of aromatic nitrogens is 1. The molecule has 3 rings (SSSR count). The van der Waals surface area contributed by atoms with E-state index in [9.17, 15) is 13.2 Å². The van der Waals surface area contributed by atoms with Crippen molar-refractivity contribution < 1.29 is 22.8 Å². The smallest absolute Gasteiger partial charge is 0.358 e. The third kappa shape index (κ3) is 2.60. The number of nitrogens with zero attached hydrogens (tertiary/aromatic N) is 1. The highest BCUT2D eigenvalue weighted by Gasteiger charge is 2.37. The first-order valence-corrected chi connectivity index (χ1v) is 8.47. The molecule has 1 aliphatic carbocycles. The summed E-state index contributed by atoms with van der Waals surface area (Å²) in [4.78, 5) is 11.0. The van der Waals surface area contributed by atoms with Crippen molar-refractivity contribution in [3.8, 4) is 11.3 Å². The van der Waals surface area contributed by atoms with Crippen molar-refractivity contribution >= 4 is 31.7 Å². The van der Waals surface area contributed by atoms with Gasteiger partial charge in [-0.3, -0.25) is 0 Å². The molecule has 1 aromatic heterocycles. The van der Waals surface area contributed by atoms with E-state index in [1.165, 1.54) is 12.1 Å². The van der Waals surface area contributed by atoms with Gasteiger partial charge in [-0.05, 0) is 47.0 Å². The molecule has 1 heterocycles. The molecule has 1 aromatic carbocycles. The monoisotopic (exact) mass is 371 g/mol.